The van der Waals surface area contributed by atoms with E-state index in [-0.39, 0.29) is 5.82 Å². The third kappa shape index (κ3) is 2.15. The second kappa shape index (κ2) is 4.94. The van der Waals surface area contributed by atoms with E-state index in [9.17, 15) is 4.39 Å². The summed E-state index contributed by atoms with van der Waals surface area (Å²) in [7, 11) is 0. The van der Waals surface area contributed by atoms with Crippen LogP contribution in [0, 0.1) is 11.7 Å². The van der Waals surface area contributed by atoms with Gasteiger partial charge in [0.1, 0.15) is 5.82 Å². The predicted octanol–water partition coefficient (Wildman–Crippen LogP) is 3.67. The summed E-state index contributed by atoms with van der Waals surface area (Å²) in [5.74, 6) is 0.838. The molecule has 2 nitrogen and oxygen atoms in total. The molecule has 1 saturated carbocycles. The molecule has 0 aliphatic heterocycles. The zero-order valence-corrected chi connectivity index (χ0v) is 11.0. The van der Waals surface area contributed by atoms with E-state index in [1.165, 1.54) is 31.7 Å². The first kappa shape index (κ1) is 12.1. The van der Waals surface area contributed by atoms with Crippen LogP contribution in [0.25, 0.3) is 10.2 Å². The fourth-order valence-electron chi connectivity index (χ4n) is 2.89. The van der Waals surface area contributed by atoms with Gasteiger partial charge in [0.2, 0.25) is 0 Å². The van der Waals surface area contributed by atoms with Crippen LogP contribution < -0.4 is 5.73 Å². The number of rotatable bonds is 2. The van der Waals surface area contributed by atoms with Crippen molar-refractivity contribution in [1.29, 1.82) is 0 Å². The number of halogens is 1. The molecule has 96 valence electrons. The zero-order valence-electron chi connectivity index (χ0n) is 10.2. The molecule has 2 aromatic rings. The molecular formula is C14H17FN2S. The van der Waals surface area contributed by atoms with Crippen molar-refractivity contribution in [2.75, 3.05) is 6.54 Å². The Labute approximate surface area is 110 Å². The van der Waals surface area contributed by atoms with Crippen molar-refractivity contribution < 1.29 is 4.39 Å². The lowest BCUT2D eigenvalue weighted by Crippen LogP contribution is -2.25. The Morgan fingerprint density at radius 2 is 2.17 bits per heavy atom. The van der Waals surface area contributed by atoms with Crippen molar-refractivity contribution in [2.24, 2.45) is 11.7 Å². The Morgan fingerprint density at radius 1 is 1.33 bits per heavy atom. The monoisotopic (exact) mass is 264 g/mol. The molecule has 3 rings (SSSR count). The fraction of sp³-hybridized carbons (Fsp3) is 0.500. The van der Waals surface area contributed by atoms with Gasteiger partial charge < -0.3 is 5.73 Å². The molecule has 1 aromatic heterocycles. The number of aromatic nitrogens is 1. The number of thiazole rings is 1. The van der Waals surface area contributed by atoms with E-state index < -0.39 is 0 Å². The van der Waals surface area contributed by atoms with Gasteiger partial charge in [-0.3, -0.25) is 0 Å². The zero-order chi connectivity index (χ0) is 12.5. The van der Waals surface area contributed by atoms with Gasteiger partial charge in [-0.25, -0.2) is 9.37 Å². The summed E-state index contributed by atoms with van der Waals surface area (Å²) in [5, 5.41) is 1.14. The minimum atomic E-state index is -0.184. The minimum Gasteiger partial charge on any atom is -0.330 e. The van der Waals surface area contributed by atoms with Crippen LogP contribution in [0.1, 0.15) is 36.6 Å². The maximum atomic E-state index is 13.2. The smallest absolute Gasteiger partial charge is 0.124 e. The largest absolute Gasteiger partial charge is 0.330 e. The number of fused-ring (bicyclic) bond motifs is 1. The van der Waals surface area contributed by atoms with E-state index in [0.717, 1.165) is 21.8 Å². The molecule has 18 heavy (non-hydrogen) atoms. The quantitative estimate of drug-likeness (QED) is 0.899. The van der Waals surface area contributed by atoms with Crippen molar-refractivity contribution in [3.8, 4) is 0 Å². The Balaban J connectivity index is 1.97. The SMILES string of the molecule is NCC1CCCCC1c1nc2ccc(F)cc2s1. The van der Waals surface area contributed by atoms with E-state index in [1.54, 1.807) is 23.5 Å². The van der Waals surface area contributed by atoms with E-state index in [0.29, 0.717) is 11.8 Å². The van der Waals surface area contributed by atoms with Gasteiger partial charge in [0, 0.05) is 5.92 Å². The Bertz CT molecular complexity index is 552. The summed E-state index contributed by atoms with van der Waals surface area (Å²) in [6.45, 7) is 0.731. The lowest BCUT2D eigenvalue weighted by molar-refractivity contribution is 0.314. The lowest BCUT2D eigenvalue weighted by Gasteiger charge is -2.28. The van der Waals surface area contributed by atoms with Gasteiger partial charge in [-0.2, -0.15) is 0 Å². The molecule has 0 radical (unpaired) electrons. The van der Waals surface area contributed by atoms with Crippen molar-refractivity contribution in [3.63, 3.8) is 0 Å². The van der Waals surface area contributed by atoms with Crippen molar-refractivity contribution in [1.82, 2.24) is 4.98 Å². The molecule has 0 saturated heterocycles. The highest BCUT2D eigenvalue weighted by Gasteiger charge is 2.27. The van der Waals surface area contributed by atoms with E-state index in [2.05, 4.69) is 4.98 Å². The molecule has 2 unspecified atom stereocenters. The van der Waals surface area contributed by atoms with E-state index in [4.69, 9.17) is 5.73 Å². The highest BCUT2D eigenvalue weighted by molar-refractivity contribution is 7.18. The molecular weight excluding hydrogens is 247 g/mol. The second-order valence-corrected chi connectivity index (χ2v) is 6.11. The van der Waals surface area contributed by atoms with Gasteiger partial charge in [-0.1, -0.05) is 12.8 Å². The normalized spacial score (nSPS) is 24.6. The first-order valence-electron chi connectivity index (χ1n) is 6.54. The number of nitrogens with zero attached hydrogens (tertiary/aromatic N) is 1. The van der Waals surface area contributed by atoms with Crippen LogP contribution in [0.4, 0.5) is 4.39 Å². The summed E-state index contributed by atoms with van der Waals surface area (Å²) in [4.78, 5) is 4.67. The maximum absolute atomic E-state index is 13.2. The highest BCUT2D eigenvalue weighted by atomic mass is 32.1. The van der Waals surface area contributed by atoms with Crippen molar-refractivity contribution >= 4 is 21.6 Å². The number of hydrogen-bond acceptors (Lipinski definition) is 3. The molecule has 1 aromatic carbocycles. The molecule has 0 spiro atoms. The average Bonchev–Trinajstić information content (AvgIpc) is 2.81. The second-order valence-electron chi connectivity index (χ2n) is 5.05. The number of hydrogen-bond donors (Lipinski definition) is 1. The first-order chi connectivity index (χ1) is 8.78. The van der Waals surface area contributed by atoms with Crippen LogP contribution in [-0.2, 0) is 0 Å². The van der Waals surface area contributed by atoms with Gasteiger partial charge >= 0.3 is 0 Å². The molecule has 0 amide bonds. The molecule has 2 atom stereocenters. The Morgan fingerprint density at radius 3 is 3.00 bits per heavy atom. The predicted molar refractivity (Wildman–Crippen MR) is 73.3 cm³/mol. The molecule has 1 aliphatic rings. The summed E-state index contributed by atoms with van der Waals surface area (Å²) in [6.07, 6.45) is 4.90. The summed E-state index contributed by atoms with van der Waals surface area (Å²) < 4.78 is 14.1. The summed E-state index contributed by atoms with van der Waals surface area (Å²) >= 11 is 1.63. The first-order valence-corrected chi connectivity index (χ1v) is 7.35. The molecule has 1 aliphatic carbocycles. The van der Waals surface area contributed by atoms with Crippen LogP contribution in [0.2, 0.25) is 0 Å². The summed E-state index contributed by atoms with van der Waals surface area (Å²) in [6, 6.07) is 4.83. The highest BCUT2D eigenvalue weighted by Crippen LogP contribution is 2.40. The van der Waals surface area contributed by atoms with Crippen LogP contribution >= 0.6 is 11.3 Å². The Kier molecular flexibility index (Phi) is 3.31. The Hall–Kier alpha value is -1.000. The van der Waals surface area contributed by atoms with Crippen LogP contribution in [-0.4, -0.2) is 11.5 Å². The third-order valence-corrected chi connectivity index (χ3v) is 5.05. The number of nitrogens with two attached hydrogens (primary N) is 1. The average molecular weight is 264 g/mol. The molecule has 2 N–H and O–H groups in total. The fourth-order valence-corrected chi connectivity index (χ4v) is 4.11. The number of benzene rings is 1. The van der Waals surface area contributed by atoms with Crippen molar-refractivity contribution in [2.45, 2.75) is 31.6 Å². The van der Waals surface area contributed by atoms with E-state index >= 15 is 0 Å². The van der Waals surface area contributed by atoms with Gasteiger partial charge in [0.25, 0.3) is 0 Å². The maximum Gasteiger partial charge on any atom is 0.124 e. The van der Waals surface area contributed by atoms with Gasteiger partial charge in [0.15, 0.2) is 0 Å². The minimum absolute atomic E-state index is 0.184. The summed E-state index contributed by atoms with van der Waals surface area (Å²) in [5.41, 5.74) is 6.78. The molecule has 4 heteroatoms. The van der Waals surface area contributed by atoms with Gasteiger partial charge in [-0.15, -0.1) is 11.3 Å². The van der Waals surface area contributed by atoms with Crippen LogP contribution in [0.3, 0.4) is 0 Å². The van der Waals surface area contributed by atoms with Crippen LogP contribution in [0.5, 0.6) is 0 Å². The van der Waals surface area contributed by atoms with Crippen molar-refractivity contribution in [3.05, 3.63) is 29.0 Å². The van der Waals surface area contributed by atoms with Gasteiger partial charge in [-0.05, 0) is 43.5 Å². The van der Waals surface area contributed by atoms with Gasteiger partial charge in [0.05, 0.1) is 15.2 Å². The third-order valence-electron chi connectivity index (χ3n) is 3.90. The lowest BCUT2D eigenvalue weighted by atomic mass is 9.79. The topological polar surface area (TPSA) is 38.9 Å². The molecule has 1 fully saturated rings. The molecule has 1 heterocycles. The van der Waals surface area contributed by atoms with Crippen LogP contribution in [0.15, 0.2) is 18.2 Å². The van der Waals surface area contributed by atoms with E-state index in [1.807, 2.05) is 0 Å². The molecule has 0 bridgehead atoms. The standard InChI is InChI=1S/C14H17FN2S/c15-10-5-6-12-13(7-10)18-14(17-12)11-4-2-1-3-9(11)8-16/h5-7,9,11H,1-4,8,16H2.